The van der Waals surface area contributed by atoms with Crippen LogP contribution in [0, 0.1) is 0 Å². The smallest absolute Gasteiger partial charge is 0.410 e. The number of amides is 2. The van der Waals surface area contributed by atoms with Crippen molar-refractivity contribution < 1.29 is 19.2 Å². The average Bonchev–Trinajstić information content (AvgIpc) is 3.31. The van der Waals surface area contributed by atoms with Gasteiger partial charge in [-0.2, -0.15) is 0 Å². The molecule has 0 aliphatic carbocycles. The number of rotatable bonds is 6. The minimum Gasteiger partial charge on any atom is -0.447 e. The molecule has 2 aromatic heterocycles. The van der Waals surface area contributed by atoms with Gasteiger partial charge in [-0.05, 0) is 44.4 Å². The first-order valence-corrected chi connectivity index (χ1v) is 12.5. The van der Waals surface area contributed by atoms with Crippen LogP contribution in [0.5, 0.6) is 0 Å². The van der Waals surface area contributed by atoms with Crippen LogP contribution in [0.4, 0.5) is 10.6 Å². The van der Waals surface area contributed by atoms with Crippen molar-refractivity contribution in [2.75, 3.05) is 39.2 Å². The molecule has 0 N–H and O–H groups in total. The number of thiophene rings is 1. The van der Waals surface area contributed by atoms with Gasteiger partial charge in [0.15, 0.2) is 0 Å². The normalized spacial score (nSPS) is 14.4. The highest BCUT2D eigenvalue weighted by Crippen LogP contribution is 2.37. The molecule has 4 rings (SSSR count). The summed E-state index contributed by atoms with van der Waals surface area (Å²) in [7, 11) is 5.10. The van der Waals surface area contributed by atoms with Gasteiger partial charge < -0.3 is 14.5 Å². The second-order valence-corrected chi connectivity index (χ2v) is 9.73. The van der Waals surface area contributed by atoms with Crippen molar-refractivity contribution in [3.63, 3.8) is 0 Å². The Bertz CT molecular complexity index is 1190. The topological polar surface area (TPSA) is 88.1 Å². The van der Waals surface area contributed by atoms with E-state index in [9.17, 15) is 9.59 Å². The van der Waals surface area contributed by atoms with Crippen LogP contribution in [0.2, 0.25) is 0 Å². The molecule has 0 atom stereocenters. The molecule has 0 unspecified atom stereocenters. The summed E-state index contributed by atoms with van der Waals surface area (Å²) in [4.78, 5) is 42.7. The van der Waals surface area contributed by atoms with Crippen LogP contribution in [0.15, 0.2) is 36.0 Å². The van der Waals surface area contributed by atoms with Gasteiger partial charge in [0, 0.05) is 49.7 Å². The van der Waals surface area contributed by atoms with Crippen LogP contribution in [-0.2, 0) is 9.57 Å². The lowest BCUT2D eigenvalue weighted by molar-refractivity contribution is -0.0756. The van der Waals surface area contributed by atoms with Crippen molar-refractivity contribution in [2.24, 2.45) is 0 Å². The summed E-state index contributed by atoms with van der Waals surface area (Å²) in [5.41, 5.74) is 3.43. The summed E-state index contributed by atoms with van der Waals surface area (Å²) in [6.07, 6.45) is 2.94. The summed E-state index contributed by atoms with van der Waals surface area (Å²) >= 11 is 1.61. The first-order valence-electron chi connectivity index (χ1n) is 11.6. The van der Waals surface area contributed by atoms with E-state index in [0.717, 1.165) is 40.0 Å². The number of fused-ring (bicyclic) bond motifs is 1. The van der Waals surface area contributed by atoms with Gasteiger partial charge >= 0.3 is 6.09 Å². The lowest BCUT2D eigenvalue weighted by atomic mass is 10.0. The fourth-order valence-electron chi connectivity index (χ4n) is 4.24. The molecule has 1 aliphatic rings. The highest BCUT2D eigenvalue weighted by Gasteiger charge is 2.28. The third-order valence-corrected chi connectivity index (χ3v) is 7.24. The van der Waals surface area contributed by atoms with Crippen molar-refractivity contribution in [3.05, 3.63) is 41.5 Å². The predicted octanol–water partition coefficient (Wildman–Crippen LogP) is 4.44. The molecular formula is C25H31N5O4S. The number of hydrogen-bond donors (Lipinski definition) is 0. The molecule has 9 nitrogen and oxygen atoms in total. The fraction of sp³-hybridized carbons (Fsp3) is 0.440. The number of piperidine rings is 1. The summed E-state index contributed by atoms with van der Waals surface area (Å²) in [6, 6.07) is 7.71. The molecule has 1 aromatic carbocycles. The minimum absolute atomic E-state index is 0.117. The molecule has 0 radical (unpaired) electrons. The van der Waals surface area contributed by atoms with Gasteiger partial charge in [-0.15, -0.1) is 11.3 Å². The van der Waals surface area contributed by atoms with E-state index in [2.05, 4.69) is 27.3 Å². The van der Waals surface area contributed by atoms with Gasteiger partial charge in [0.2, 0.25) is 0 Å². The van der Waals surface area contributed by atoms with Crippen LogP contribution in [0.3, 0.4) is 0 Å². The molecule has 1 fully saturated rings. The molecule has 186 valence electrons. The molecule has 1 saturated heterocycles. The van der Waals surface area contributed by atoms with E-state index in [1.54, 1.807) is 41.7 Å². The molecule has 0 saturated carbocycles. The Labute approximate surface area is 209 Å². The number of ether oxygens (including phenoxy) is 1. The first-order chi connectivity index (χ1) is 16.8. The maximum Gasteiger partial charge on any atom is 0.410 e. The minimum atomic E-state index is -0.241. The molecule has 0 spiro atoms. The van der Waals surface area contributed by atoms with Crippen LogP contribution in [0.25, 0.3) is 21.3 Å². The van der Waals surface area contributed by atoms with Crippen molar-refractivity contribution in [1.29, 1.82) is 0 Å². The van der Waals surface area contributed by atoms with Gasteiger partial charge in [0.25, 0.3) is 5.91 Å². The van der Waals surface area contributed by atoms with Crippen molar-refractivity contribution in [1.82, 2.24) is 19.9 Å². The third kappa shape index (κ3) is 5.23. The summed E-state index contributed by atoms with van der Waals surface area (Å²) < 4.78 is 6.36. The number of anilines is 1. The van der Waals surface area contributed by atoms with Crippen molar-refractivity contribution in [2.45, 2.75) is 38.8 Å². The van der Waals surface area contributed by atoms with Crippen LogP contribution < -0.4 is 4.90 Å². The molecule has 3 heterocycles. The number of nitrogens with zero attached hydrogens (tertiary/aromatic N) is 5. The Morgan fingerprint density at radius 2 is 1.80 bits per heavy atom. The van der Waals surface area contributed by atoms with E-state index in [1.807, 2.05) is 26.0 Å². The monoisotopic (exact) mass is 497 g/mol. The van der Waals surface area contributed by atoms with Crippen LogP contribution in [0.1, 0.15) is 37.0 Å². The Hall–Kier alpha value is -3.24. The first kappa shape index (κ1) is 24.9. The second kappa shape index (κ2) is 10.6. The Balaban J connectivity index is 1.51. The van der Waals surface area contributed by atoms with Crippen LogP contribution in [-0.4, -0.2) is 78.4 Å². The summed E-state index contributed by atoms with van der Waals surface area (Å²) in [5.74, 6) is 0.687. The standard InChI is InChI=1S/C25H31N5O4S/c1-16(2)34-25(32)30-12-10-19(11-13-30)28(3)23-22-21(26-15-27-23)20(14-35-22)17-6-8-18(9-7-17)24(31)29(4)33-5/h6-9,14-16,19H,10-13H2,1-5H3. The van der Waals surface area contributed by atoms with E-state index in [1.165, 1.54) is 12.2 Å². The van der Waals surface area contributed by atoms with Crippen molar-refractivity contribution >= 4 is 39.4 Å². The number of benzene rings is 1. The zero-order chi connectivity index (χ0) is 25.1. The van der Waals surface area contributed by atoms with Gasteiger partial charge in [-0.25, -0.2) is 19.8 Å². The van der Waals surface area contributed by atoms with E-state index < -0.39 is 0 Å². The van der Waals surface area contributed by atoms with Crippen molar-refractivity contribution in [3.8, 4) is 11.1 Å². The maximum absolute atomic E-state index is 12.3. The Kier molecular flexibility index (Phi) is 7.51. The van der Waals surface area contributed by atoms with E-state index >= 15 is 0 Å². The van der Waals surface area contributed by atoms with Gasteiger partial charge in [-0.1, -0.05) is 12.1 Å². The SMILES string of the molecule is CON(C)C(=O)c1ccc(-c2csc3c(N(C)C4CCN(C(=O)OC(C)C)CC4)ncnc23)cc1. The Morgan fingerprint density at radius 1 is 1.11 bits per heavy atom. The van der Waals surface area contributed by atoms with E-state index in [4.69, 9.17) is 9.57 Å². The highest BCUT2D eigenvalue weighted by atomic mass is 32.1. The fourth-order valence-corrected chi connectivity index (χ4v) is 5.30. The van der Waals surface area contributed by atoms with Gasteiger partial charge in [-0.3, -0.25) is 9.63 Å². The summed E-state index contributed by atoms with van der Waals surface area (Å²) in [6.45, 7) is 5.05. The molecule has 35 heavy (non-hydrogen) atoms. The number of carbonyl (C=O) groups excluding carboxylic acids is 2. The van der Waals surface area contributed by atoms with Gasteiger partial charge in [0.05, 0.1) is 23.4 Å². The number of aromatic nitrogens is 2. The number of hydroxylamine groups is 2. The quantitative estimate of drug-likeness (QED) is 0.465. The zero-order valence-electron chi connectivity index (χ0n) is 20.7. The molecule has 10 heteroatoms. The zero-order valence-corrected chi connectivity index (χ0v) is 21.5. The molecular weight excluding hydrogens is 466 g/mol. The highest BCUT2D eigenvalue weighted by molar-refractivity contribution is 7.18. The molecule has 2 amide bonds. The van der Waals surface area contributed by atoms with Crippen LogP contribution >= 0.6 is 11.3 Å². The Morgan fingerprint density at radius 3 is 2.43 bits per heavy atom. The lowest BCUT2D eigenvalue weighted by Crippen LogP contribution is -2.46. The number of hydrogen-bond acceptors (Lipinski definition) is 8. The van der Waals surface area contributed by atoms with Gasteiger partial charge in [0.1, 0.15) is 12.1 Å². The number of carbonyl (C=O) groups is 2. The molecule has 0 bridgehead atoms. The van der Waals surface area contributed by atoms with E-state index in [0.29, 0.717) is 18.7 Å². The largest absolute Gasteiger partial charge is 0.447 e. The average molecular weight is 498 g/mol. The third-order valence-electron chi connectivity index (χ3n) is 6.28. The lowest BCUT2D eigenvalue weighted by Gasteiger charge is -2.37. The molecule has 1 aliphatic heterocycles. The van der Waals surface area contributed by atoms with E-state index in [-0.39, 0.29) is 24.1 Å². The maximum atomic E-state index is 12.3. The molecule has 3 aromatic rings. The second-order valence-electron chi connectivity index (χ2n) is 8.85. The summed E-state index contributed by atoms with van der Waals surface area (Å²) in [5, 5.41) is 3.28. The predicted molar refractivity (Wildman–Crippen MR) is 137 cm³/mol. The number of likely N-dealkylation sites (tertiary alicyclic amines) is 1.